The Hall–Kier alpha value is -2.18. The highest BCUT2D eigenvalue weighted by atomic mass is 35.5. The third-order valence-corrected chi connectivity index (χ3v) is 5.99. The molecule has 128 valence electrons. The molecule has 1 amide bonds. The zero-order chi connectivity index (χ0) is 17.4. The molecule has 0 N–H and O–H groups in total. The van der Waals surface area contributed by atoms with Crippen LogP contribution in [0, 0.1) is 6.92 Å². The lowest BCUT2D eigenvalue weighted by molar-refractivity contribution is 0.0746. The molecule has 0 bridgehead atoms. The molecule has 25 heavy (non-hydrogen) atoms. The number of amides is 1. The van der Waals surface area contributed by atoms with Crippen molar-refractivity contribution in [3.8, 4) is 0 Å². The van der Waals surface area contributed by atoms with Gasteiger partial charge < -0.3 is 9.80 Å². The Morgan fingerprint density at radius 3 is 2.56 bits per heavy atom. The Labute approximate surface area is 154 Å². The number of aryl methyl sites for hydroxylation is 1. The van der Waals surface area contributed by atoms with E-state index in [1.54, 1.807) is 35.9 Å². The number of aromatic nitrogens is 2. The molecule has 3 aromatic rings. The molecule has 0 radical (unpaired) electrons. The van der Waals surface area contributed by atoms with Crippen LogP contribution in [0.25, 0.3) is 10.2 Å². The van der Waals surface area contributed by atoms with Gasteiger partial charge in [-0.2, -0.15) is 0 Å². The number of piperazine rings is 1. The molecule has 1 saturated heterocycles. The first-order chi connectivity index (χ1) is 12.1. The Bertz CT molecular complexity index is 919. The van der Waals surface area contributed by atoms with Crippen LogP contribution in [-0.4, -0.2) is 47.0 Å². The summed E-state index contributed by atoms with van der Waals surface area (Å²) in [6, 6.07) is 7.46. The fourth-order valence-electron chi connectivity index (χ4n) is 3.00. The van der Waals surface area contributed by atoms with Crippen LogP contribution in [0.2, 0.25) is 5.02 Å². The van der Waals surface area contributed by atoms with Crippen molar-refractivity contribution in [1.29, 1.82) is 0 Å². The van der Waals surface area contributed by atoms with Crippen LogP contribution in [0.15, 0.2) is 36.7 Å². The first kappa shape index (κ1) is 16.3. The molecular formula is C18H17ClN4OS. The van der Waals surface area contributed by atoms with E-state index >= 15 is 0 Å². The molecule has 2 aromatic heterocycles. The van der Waals surface area contributed by atoms with Crippen molar-refractivity contribution in [2.45, 2.75) is 6.92 Å². The molecule has 0 spiro atoms. The monoisotopic (exact) mass is 372 g/mol. The van der Waals surface area contributed by atoms with Crippen molar-refractivity contribution in [2.75, 3.05) is 31.1 Å². The van der Waals surface area contributed by atoms with Crippen LogP contribution < -0.4 is 4.90 Å². The van der Waals surface area contributed by atoms with E-state index in [0.29, 0.717) is 18.7 Å². The average molecular weight is 373 g/mol. The number of fused-ring (bicyclic) bond motifs is 1. The van der Waals surface area contributed by atoms with Gasteiger partial charge in [-0.15, -0.1) is 0 Å². The number of carbonyl (C=O) groups is 1. The second kappa shape index (κ2) is 6.61. The van der Waals surface area contributed by atoms with Crippen LogP contribution in [0.4, 0.5) is 5.13 Å². The molecule has 1 aliphatic rings. The highest BCUT2D eigenvalue weighted by Gasteiger charge is 2.24. The number of rotatable bonds is 2. The van der Waals surface area contributed by atoms with Gasteiger partial charge in [-0.3, -0.25) is 9.78 Å². The minimum atomic E-state index is 0.0639. The van der Waals surface area contributed by atoms with E-state index in [-0.39, 0.29) is 5.91 Å². The Kier molecular flexibility index (Phi) is 4.31. The van der Waals surface area contributed by atoms with Gasteiger partial charge in [0.05, 0.1) is 10.2 Å². The van der Waals surface area contributed by atoms with Crippen molar-refractivity contribution in [1.82, 2.24) is 14.9 Å². The molecule has 1 aromatic carbocycles. The largest absolute Gasteiger partial charge is 0.345 e. The molecule has 0 aliphatic carbocycles. The minimum Gasteiger partial charge on any atom is -0.345 e. The standard InChI is InChI=1S/C18H17ClN4OS/c1-12-14(19)2-3-15-16(12)21-18(25-15)23-10-8-22(9-11-23)17(24)13-4-6-20-7-5-13/h2-7H,8-11H2,1H3. The molecule has 5 nitrogen and oxygen atoms in total. The average Bonchev–Trinajstić information content (AvgIpc) is 3.10. The van der Waals surface area contributed by atoms with Gasteiger partial charge in [-0.05, 0) is 36.8 Å². The van der Waals surface area contributed by atoms with Crippen molar-refractivity contribution in [3.05, 3.63) is 52.8 Å². The van der Waals surface area contributed by atoms with Gasteiger partial charge in [0.1, 0.15) is 0 Å². The summed E-state index contributed by atoms with van der Waals surface area (Å²) >= 11 is 7.87. The van der Waals surface area contributed by atoms with Gasteiger partial charge in [0.15, 0.2) is 5.13 Å². The van der Waals surface area contributed by atoms with E-state index in [0.717, 1.165) is 39.0 Å². The van der Waals surface area contributed by atoms with Crippen molar-refractivity contribution < 1.29 is 4.79 Å². The maximum absolute atomic E-state index is 12.5. The SMILES string of the molecule is Cc1c(Cl)ccc2sc(N3CCN(C(=O)c4ccncc4)CC3)nc12. The zero-order valence-electron chi connectivity index (χ0n) is 13.8. The minimum absolute atomic E-state index is 0.0639. The van der Waals surface area contributed by atoms with E-state index in [1.807, 2.05) is 24.0 Å². The Morgan fingerprint density at radius 2 is 1.84 bits per heavy atom. The lowest BCUT2D eigenvalue weighted by atomic mass is 10.2. The molecule has 4 rings (SSSR count). The molecule has 0 unspecified atom stereocenters. The fourth-order valence-corrected chi connectivity index (χ4v) is 4.23. The molecule has 0 atom stereocenters. The van der Waals surface area contributed by atoms with Gasteiger partial charge in [0.25, 0.3) is 5.91 Å². The molecule has 1 aliphatic heterocycles. The van der Waals surface area contributed by atoms with Gasteiger partial charge in [-0.1, -0.05) is 22.9 Å². The fraction of sp³-hybridized carbons (Fsp3) is 0.278. The van der Waals surface area contributed by atoms with Gasteiger partial charge in [0, 0.05) is 49.2 Å². The van der Waals surface area contributed by atoms with Crippen LogP contribution in [0.1, 0.15) is 15.9 Å². The smallest absolute Gasteiger partial charge is 0.254 e. The van der Waals surface area contributed by atoms with E-state index in [4.69, 9.17) is 16.6 Å². The van der Waals surface area contributed by atoms with Crippen molar-refractivity contribution >= 4 is 44.2 Å². The van der Waals surface area contributed by atoms with Crippen LogP contribution in [0.5, 0.6) is 0 Å². The summed E-state index contributed by atoms with van der Waals surface area (Å²) in [6.45, 7) is 4.94. The number of hydrogen-bond donors (Lipinski definition) is 0. The van der Waals surface area contributed by atoms with Crippen LogP contribution in [0.3, 0.4) is 0 Å². The molecule has 1 fully saturated rings. The second-order valence-electron chi connectivity index (χ2n) is 6.03. The third kappa shape index (κ3) is 3.07. The summed E-state index contributed by atoms with van der Waals surface area (Å²) in [5.74, 6) is 0.0639. The van der Waals surface area contributed by atoms with Gasteiger partial charge in [0.2, 0.25) is 0 Å². The number of pyridine rings is 1. The van der Waals surface area contributed by atoms with E-state index in [2.05, 4.69) is 9.88 Å². The van der Waals surface area contributed by atoms with Crippen LogP contribution in [-0.2, 0) is 0 Å². The third-order valence-electron chi connectivity index (χ3n) is 4.50. The van der Waals surface area contributed by atoms with Crippen LogP contribution >= 0.6 is 22.9 Å². The summed E-state index contributed by atoms with van der Waals surface area (Å²) in [5, 5.41) is 1.74. The highest BCUT2D eigenvalue weighted by Crippen LogP contribution is 2.33. The van der Waals surface area contributed by atoms with E-state index in [9.17, 15) is 4.79 Å². The van der Waals surface area contributed by atoms with Crippen molar-refractivity contribution in [2.24, 2.45) is 0 Å². The number of nitrogens with zero attached hydrogens (tertiary/aromatic N) is 4. The first-order valence-electron chi connectivity index (χ1n) is 8.13. The predicted octanol–water partition coefficient (Wildman–Crippen LogP) is 3.62. The number of thiazole rings is 1. The second-order valence-corrected chi connectivity index (χ2v) is 7.45. The maximum atomic E-state index is 12.5. The molecular weight excluding hydrogens is 356 g/mol. The van der Waals surface area contributed by atoms with E-state index < -0.39 is 0 Å². The summed E-state index contributed by atoms with van der Waals surface area (Å²) in [7, 11) is 0. The maximum Gasteiger partial charge on any atom is 0.254 e. The summed E-state index contributed by atoms with van der Waals surface area (Å²) < 4.78 is 1.15. The number of benzene rings is 1. The Morgan fingerprint density at radius 1 is 1.12 bits per heavy atom. The van der Waals surface area contributed by atoms with Gasteiger partial charge in [-0.25, -0.2) is 4.98 Å². The Balaban J connectivity index is 1.49. The first-order valence-corrected chi connectivity index (χ1v) is 9.33. The lowest BCUT2D eigenvalue weighted by Crippen LogP contribution is -2.48. The normalized spacial score (nSPS) is 15.0. The molecule has 7 heteroatoms. The number of carbonyl (C=O) groups excluding carboxylic acids is 1. The summed E-state index contributed by atoms with van der Waals surface area (Å²) in [5.41, 5.74) is 2.68. The van der Waals surface area contributed by atoms with E-state index in [1.165, 1.54) is 0 Å². The van der Waals surface area contributed by atoms with Crippen molar-refractivity contribution in [3.63, 3.8) is 0 Å². The molecule has 0 saturated carbocycles. The van der Waals surface area contributed by atoms with Gasteiger partial charge >= 0.3 is 0 Å². The summed E-state index contributed by atoms with van der Waals surface area (Å²) in [6.07, 6.45) is 3.30. The topological polar surface area (TPSA) is 49.3 Å². The number of hydrogen-bond acceptors (Lipinski definition) is 5. The number of anilines is 1. The predicted molar refractivity (Wildman–Crippen MR) is 102 cm³/mol. The quantitative estimate of drug-likeness (QED) is 0.689. The number of halogens is 1. The highest BCUT2D eigenvalue weighted by molar-refractivity contribution is 7.22. The zero-order valence-corrected chi connectivity index (χ0v) is 15.3. The molecule has 3 heterocycles. The lowest BCUT2D eigenvalue weighted by Gasteiger charge is -2.34. The summed E-state index contributed by atoms with van der Waals surface area (Å²) in [4.78, 5) is 25.4.